The quantitative estimate of drug-likeness (QED) is 0.231. The van der Waals surface area contributed by atoms with Gasteiger partial charge in [-0.15, -0.1) is 12.3 Å². The molecular weight excluding hydrogens is 458 g/mol. The first kappa shape index (κ1) is 26.0. The fourth-order valence-corrected chi connectivity index (χ4v) is 3.20. The first-order chi connectivity index (χ1) is 16.3. The number of oxime groups is 3. The van der Waals surface area contributed by atoms with E-state index in [4.69, 9.17) is 20.9 Å². The lowest BCUT2D eigenvalue weighted by atomic mass is 10.0. The minimum atomic E-state index is -0.730. The van der Waals surface area contributed by atoms with Crippen LogP contribution in [-0.4, -0.2) is 35.0 Å². The van der Waals surface area contributed by atoms with E-state index in [1.807, 2.05) is 42.5 Å². The van der Waals surface area contributed by atoms with E-state index < -0.39 is 17.9 Å². The van der Waals surface area contributed by atoms with Gasteiger partial charge in [-0.3, -0.25) is 0 Å². The van der Waals surface area contributed by atoms with Crippen molar-refractivity contribution in [3.63, 3.8) is 0 Å². The molecule has 10 heteroatoms. The van der Waals surface area contributed by atoms with Crippen LogP contribution in [0.2, 0.25) is 0 Å². The number of rotatable bonds is 9. The second-order valence-corrected chi connectivity index (χ2v) is 7.63. The maximum absolute atomic E-state index is 11.4. The van der Waals surface area contributed by atoms with Gasteiger partial charge >= 0.3 is 17.9 Å². The van der Waals surface area contributed by atoms with Gasteiger partial charge < -0.3 is 14.5 Å². The molecule has 0 aliphatic rings. The lowest BCUT2D eigenvalue weighted by Crippen LogP contribution is -2.27. The molecular formula is C24H21N3O6S. The molecule has 0 amide bonds. The highest BCUT2D eigenvalue weighted by Gasteiger charge is 2.22. The summed E-state index contributed by atoms with van der Waals surface area (Å²) in [6.07, 6.45) is 5.26. The van der Waals surface area contributed by atoms with Gasteiger partial charge in [0.2, 0.25) is 0 Å². The minimum absolute atomic E-state index is 0.0196. The second-order valence-electron chi connectivity index (χ2n) is 6.49. The third-order valence-corrected chi connectivity index (χ3v) is 4.70. The van der Waals surface area contributed by atoms with Crippen LogP contribution in [0.25, 0.3) is 0 Å². The molecule has 0 aliphatic carbocycles. The van der Waals surface area contributed by atoms with Crippen molar-refractivity contribution in [2.45, 2.75) is 37.0 Å². The summed E-state index contributed by atoms with van der Waals surface area (Å²) in [5, 5.41) is 11.4. The predicted molar refractivity (Wildman–Crippen MR) is 127 cm³/mol. The van der Waals surface area contributed by atoms with E-state index in [1.165, 1.54) is 6.92 Å². The molecule has 0 fully saturated rings. The molecule has 0 saturated heterocycles. The van der Waals surface area contributed by atoms with E-state index in [0.29, 0.717) is 5.56 Å². The van der Waals surface area contributed by atoms with Gasteiger partial charge in [0.15, 0.2) is 5.71 Å². The van der Waals surface area contributed by atoms with E-state index in [2.05, 4.69) is 21.4 Å². The highest BCUT2D eigenvalue weighted by atomic mass is 32.2. The van der Waals surface area contributed by atoms with Gasteiger partial charge in [0.1, 0.15) is 11.4 Å². The summed E-state index contributed by atoms with van der Waals surface area (Å²) in [6.45, 7) is 3.46. The van der Waals surface area contributed by atoms with Gasteiger partial charge in [0.25, 0.3) is 0 Å². The van der Waals surface area contributed by atoms with Crippen molar-refractivity contribution in [2.24, 2.45) is 15.5 Å². The van der Waals surface area contributed by atoms with Gasteiger partial charge in [-0.2, -0.15) is 0 Å². The lowest BCUT2D eigenvalue weighted by molar-refractivity contribution is -0.142. The van der Waals surface area contributed by atoms with Crippen LogP contribution in [-0.2, 0) is 28.9 Å². The Morgan fingerprint density at radius 3 is 1.88 bits per heavy atom. The molecule has 0 heterocycles. The van der Waals surface area contributed by atoms with Gasteiger partial charge in [-0.05, 0) is 24.3 Å². The normalized spacial score (nSPS) is 11.9. The summed E-state index contributed by atoms with van der Waals surface area (Å²) in [5.41, 5.74) is 0.220. The van der Waals surface area contributed by atoms with Crippen LogP contribution < -0.4 is 0 Å². The Kier molecular flexibility index (Phi) is 10.2. The summed E-state index contributed by atoms with van der Waals surface area (Å²) < 4.78 is 0. The molecule has 0 atom stereocenters. The standard InChI is InChI=1S/C24H21N3O6S/c1-5-9-22(25-31-16(2)28)24(27-33-18(4)30)23(26-32-17(3)29)19-12-14-21(15-13-19)34-20-10-7-6-8-11-20/h1,6-8,10-15H,9H2,2-4H3/b25-22+,26-23+,27-24+. The maximum atomic E-state index is 11.4. The summed E-state index contributed by atoms with van der Waals surface area (Å²) in [7, 11) is 0. The van der Waals surface area contributed by atoms with Crippen LogP contribution in [0.4, 0.5) is 0 Å². The van der Waals surface area contributed by atoms with E-state index in [0.717, 1.165) is 23.6 Å². The molecule has 0 bridgehead atoms. The van der Waals surface area contributed by atoms with Crippen molar-refractivity contribution < 1.29 is 28.9 Å². The zero-order chi connectivity index (χ0) is 24.9. The number of terminal acetylenes is 1. The Balaban J connectivity index is 2.53. The van der Waals surface area contributed by atoms with E-state index in [1.54, 1.807) is 23.9 Å². The van der Waals surface area contributed by atoms with Crippen molar-refractivity contribution >= 4 is 46.8 Å². The molecule has 0 unspecified atom stereocenters. The summed E-state index contributed by atoms with van der Waals surface area (Å²) in [6, 6.07) is 16.8. The highest BCUT2D eigenvalue weighted by molar-refractivity contribution is 7.99. The highest BCUT2D eigenvalue weighted by Crippen LogP contribution is 2.27. The minimum Gasteiger partial charge on any atom is -0.318 e. The molecule has 9 nitrogen and oxygen atoms in total. The third-order valence-electron chi connectivity index (χ3n) is 3.69. The summed E-state index contributed by atoms with van der Waals surface area (Å²) in [4.78, 5) is 50.4. The Morgan fingerprint density at radius 1 is 0.794 bits per heavy atom. The van der Waals surface area contributed by atoms with E-state index >= 15 is 0 Å². The second kappa shape index (κ2) is 13.3. The maximum Gasteiger partial charge on any atom is 0.332 e. The van der Waals surface area contributed by atoms with E-state index in [-0.39, 0.29) is 23.6 Å². The predicted octanol–water partition coefficient (Wildman–Crippen LogP) is 3.97. The monoisotopic (exact) mass is 479 g/mol. The molecule has 2 aromatic rings. The van der Waals surface area contributed by atoms with Crippen LogP contribution in [0.1, 0.15) is 32.8 Å². The van der Waals surface area contributed by atoms with Crippen LogP contribution in [0.15, 0.2) is 79.9 Å². The van der Waals surface area contributed by atoms with Gasteiger partial charge in [0, 0.05) is 36.1 Å². The van der Waals surface area contributed by atoms with Crippen molar-refractivity contribution in [3.8, 4) is 12.3 Å². The lowest BCUT2D eigenvalue weighted by Gasteiger charge is -2.11. The topological polar surface area (TPSA) is 116 Å². The molecule has 174 valence electrons. The van der Waals surface area contributed by atoms with Gasteiger partial charge in [-0.25, -0.2) is 14.4 Å². The largest absolute Gasteiger partial charge is 0.332 e. The Hall–Kier alpha value is -4.23. The zero-order valence-electron chi connectivity index (χ0n) is 18.7. The molecule has 0 N–H and O–H groups in total. The average molecular weight is 480 g/mol. The van der Waals surface area contributed by atoms with Crippen molar-refractivity contribution in [2.75, 3.05) is 0 Å². The Bertz CT molecular complexity index is 1170. The fraction of sp³-hybridized carbons (Fsp3) is 0.167. The van der Waals surface area contributed by atoms with Crippen LogP contribution in [0, 0.1) is 12.3 Å². The number of hydrogen-bond acceptors (Lipinski definition) is 10. The molecule has 2 aromatic carbocycles. The van der Waals surface area contributed by atoms with Crippen LogP contribution in [0.3, 0.4) is 0 Å². The Morgan fingerprint density at radius 2 is 1.32 bits per heavy atom. The summed E-state index contributed by atoms with van der Waals surface area (Å²) >= 11 is 1.54. The van der Waals surface area contributed by atoms with Crippen LogP contribution in [0.5, 0.6) is 0 Å². The summed E-state index contributed by atoms with van der Waals surface area (Å²) in [5.74, 6) is 0.223. The number of benzene rings is 2. The first-order valence-electron chi connectivity index (χ1n) is 9.83. The smallest absolute Gasteiger partial charge is 0.318 e. The molecule has 2 rings (SSSR count). The average Bonchev–Trinajstić information content (AvgIpc) is 2.80. The fourth-order valence-electron chi connectivity index (χ4n) is 2.37. The number of nitrogens with zero attached hydrogens (tertiary/aromatic N) is 3. The van der Waals surface area contributed by atoms with Crippen molar-refractivity contribution in [1.29, 1.82) is 0 Å². The molecule has 0 spiro atoms. The number of carbonyl (C=O) groups excluding carboxylic acids is 3. The zero-order valence-corrected chi connectivity index (χ0v) is 19.5. The van der Waals surface area contributed by atoms with Crippen molar-refractivity contribution in [1.82, 2.24) is 0 Å². The van der Waals surface area contributed by atoms with Crippen molar-refractivity contribution in [3.05, 3.63) is 60.2 Å². The SMILES string of the molecule is C#CCC(=N\OC(C)=O)/C(=N\OC(C)=O)C(=N/OC(C)=O)/c1ccc(Sc2ccccc2)cc1. The molecule has 0 aliphatic heterocycles. The third kappa shape index (κ3) is 8.72. The van der Waals surface area contributed by atoms with Gasteiger partial charge in [-0.1, -0.05) is 57.6 Å². The first-order valence-corrected chi connectivity index (χ1v) is 10.6. The van der Waals surface area contributed by atoms with Crippen LogP contribution >= 0.6 is 11.8 Å². The molecule has 0 aromatic heterocycles. The van der Waals surface area contributed by atoms with E-state index in [9.17, 15) is 14.4 Å². The molecule has 0 radical (unpaired) electrons. The number of hydrogen-bond donors (Lipinski definition) is 0. The Labute approximate surface area is 200 Å². The number of carbonyl (C=O) groups is 3. The molecule has 34 heavy (non-hydrogen) atoms. The van der Waals surface area contributed by atoms with Gasteiger partial charge in [0.05, 0.1) is 6.42 Å². The molecule has 0 saturated carbocycles.